The number of ether oxygens (including phenoxy) is 1. The van der Waals surface area contributed by atoms with E-state index in [1.165, 1.54) is 0 Å². The molecule has 1 aliphatic heterocycles. The average Bonchev–Trinajstić information content (AvgIpc) is 2.83. The number of hydrogen-bond acceptors (Lipinski definition) is 9. The molecule has 0 aromatic heterocycles. The third-order valence-electron chi connectivity index (χ3n) is 5.59. The topological polar surface area (TPSA) is 66.4 Å². The van der Waals surface area contributed by atoms with Crippen molar-refractivity contribution in [2.75, 3.05) is 57.4 Å². The number of hydrogen-bond donors (Lipinski definition) is 2. The fraction of sp³-hybridized carbons (Fsp3) is 0.957. The lowest BCUT2D eigenvalue weighted by Gasteiger charge is -2.36. The van der Waals surface area contributed by atoms with Crippen molar-refractivity contribution in [2.45, 2.75) is 65.5 Å². The van der Waals surface area contributed by atoms with Gasteiger partial charge in [0.15, 0.2) is 0 Å². The molecule has 6 nitrogen and oxygen atoms in total. The summed E-state index contributed by atoms with van der Waals surface area (Å²) in [6, 6.07) is 0.816. The molecule has 0 amide bonds. The van der Waals surface area contributed by atoms with Crippen LogP contribution in [0.15, 0.2) is 0 Å². The SMILES string of the molecule is CCCSC(=S)CC(C)[SiH](COCC(C)CO[Si]1(CCCS)OCC(C)CO1)OCC(C)CO. The first-order chi connectivity index (χ1) is 16.2. The minimum atomic E-state index is -2.61. The Morgan fingerprint density at radius 3 is 2.53 bits per heavy atom. The molecule has 0 saturated carbocycles. The summed E-state index contributed by atoms with van der Waals surface area (Å²) in [5.41, 5.74) is 0.386. The third kappa shape index (κ3) is 14.1. The van der Waals surface area contributed by atoms with E-state index in [-0.39, 0.29) is 18.4 Å². The molecule has 34 heavy (non-hydrogen) atoms. The van der Waals surface area contributed by atoms with Gasteiger partial charge in [-0.1, -0.05) is 46.8 Å². The van der Waals surface area contributed by atoms with E-state index < -0.39 is 17.8 Å². The summed E-state index contributed by atoms with van der Waals surface area (Å²) >= 11 is 11.7. The molecule has 1 heterocycles. The van der Waals surface area contributed by atoms with E-state index >= 15 is 0 Å². The Bertz CT molecular complexity index is 535. The second-order valence-electron chi connectivity index (χ2n) is 9.75. The van der Waals surface area contributed by atoms with Crippen LogP contribution >= 0.6 is 36.6 Å². The van der Waals surface area contributed by atoms with Crippen molar-refractivity contribution in [3.63, 3.8) is 0 Å². The van der Waals surface area contributed by atoms with E-state index in [1.807, 2.05) is 6.92 Å². The molecule has 4 unspecified atom stereocenters. The predicted molar refractivity (Wildman–Crippen MR) is 155 cm³/mol. The predicted octanol–water partition coefficient (Wildman–Crippen LogP) is 4.76. The van der Waals surface area contributed by atoms with Crippen molar-refractivity contribution in [1.82, 2.24) is 0 Å². The smallest absolute Gasteiger partial charge is 0.417 e. The van der Waals surface area contributed by atoms with E-state index in [4.69, 9.17) is 34.7 Å². The van der Waals surface area contributed by atoms with Gasteiger partial charge in [0.05, 0.1) is 12.8 Å². The van der Waals surface area contributed by atoms with Crippen LogP contribution in [-0.4, -0.2) is 84.5 Å². The van der Waals surface area contributed by atoms with E-state index in [9.17, 15) is 5.11 Å². The van der Waals surface area contributed by atoms with Crippen molar-refractivity contribution in [3.05, 3.63) is 0 Å². The van der Waals surface area contributed by atoms with Crippen LogP contribution in [-0.2, 0) is 22.4 Å². The van der Waals surface area contributed by atoms with Gasteiger partial charge in [-0.2, -0.15) is 12.6 Å². The number of aliphatic hydroxyl groups excluding tert-OH is 1. The van der Waals surface area contributed by atoms with Crippen molar-refractivity contribution < 1.29 is 27.5 Å². The van der Waals surface area contributed by atoms with Crippen molar-refractivity contribution in [1.29, 1.82) is 0 Å². The molecule has 0 aromatic carbocycles. The van der Waals surface area contributed by atoms with Crippen LogP contribution in [0.4, 0.5) is 0 Å². The van der Waals surface area contributed by atoms with Crippen LogP contribution in [0.25, 0.3) is 0 Å². The Labute approximate surface area is 226 Å². The maximum absolute atomic E-state index is 9.38. The van der Waals surface area contributed by atoms with E-state index in [0.29, 0.717) is 50.7 Å². The zero-order valence-corrected chi connectivity index (χ0v) is 26.5. The van der Waals surface area contributed by atoms with E-state index in [1.54, 1.807) is 11.8 Å². The van der Waals surface area contributed by atoms with Gasteiger partial charge in [0.25, 0.3) is 0 Å². The Morgan fingerprint density at radius 1 is 1.21 bits per heavy atom. The largest absolute Gasteiger partial charge is 0.501 e. The first-order valence-corrected chi connectivity index (χ1v) is 18.6. The minimum Gasteiger partial charge on any atom is -0.417 e. The van der Waals surface area contributed by atoms with Crippen LogP contribution in [0.3, 0.4) is 0 Å². The number of thiol groups is 1. The maximum Gasteiger partial charge on any atom is 0.501 e. The molecule has 0 spiro atoms. The molecule has 1 rings (SSSR count). The molecule has 202 valence electrons. The second kappa shape index (κ2) is 19.1. The number of rotatable bonds is 19. The van der Waals surface area contributed by atoms with Crippen molar-refractivity contribution in [3.8, 4) is 0 Å². The average molecular weight is 573 g/mol. The second-order valence-corrected chi connectivity index (χ2v) is 17.8. The third-order valence-corrected chi connectivity index (χ3v) is 13.0. The van der Waals surface area contributed by atoms with Crippen LogP contribution in [0.1, 0.15) is 53.9 Å². The fourth-order valence-electron chi connectivity index (χ4n) is 3.31. The number of thiocarbonyl (C=S) groups is 1. The summed E-state index contributed by atoms with van der Waals surface area (Å²) in [7, 11) is -4.26. The molecule has 11 heteroatoms. The van der Waals surface area contributed by atoms with Gasteiger partial charge in [0, 0.05) is 61.0 Å². The van der Waals surface area contributed by atoms with E-state index in [0.717, 1.165) is 41.0 Å². The molecule has 0 aromatic rings. The van der Waals surface area contributed by atoms with Crippen LogP contribution in [0.2, 0.25) is 11.6 Å². The summed E-state index contributed by atoms with van der Waals surface area (Å²) in [5.74, 6) is 2.64. The molecule has 1 fully saturated rings. The first-order valence-electron chi connectivity index (χ1n) is 12.7. The Kier molecular flexibility index (Phi) is 18.6. The summed E-state index contributed by atoms with van der Waals surface area (Å²) in [6.07, 6.45) is 3.58. The normalized spacial score (nSPS) is 24.5. The Hall–Kier alpha value is 0.984. The maximum atomic E-state index is 9.38. The quantitative estimate of drug-likeness (QED) is 0.131. The zero-order valence-electron chi connectivity index (χ0n) is 21.8. The highest BCUT2D eigenvalue weighted by molar-refractivity contribution is 8.23. The van der Waals surface area contributed by atoms with Gasteiger partial charge >= 0.3 is 8.80 Å². The first kappa shape index (κ1) is 33.0. The van der Waals surface area contributed by atoms with Gasteiger partial charge in [-0.25, -0.2) is 0 Å². The molecule has 0 radical (unpaired) electrons. The summed E-state index contributed by atoms with van der Waals surface area (Å²) < 4.78 is 32.0. The molecule has 1 saturated heterocycles. The van der Waals surface area contributed by atoms with E-state index in [2.05, 4.69) is 40.3 Å². The standard InChI is InChI=1S/C23H48O6S3Si2/c1-6-9-32-23(31)11-22(5)33(26-14-19(2)12-24)18-25-13-20(3)15-27-34(10-7-8-30)28-16-21(4)17-29-34/h19-22,24,30,33H,6-18H2,1-5H3. The van der Waals surface area contributed by atoms with Crippen LogP contribution in [0, 0.1) is 17.8 Å². The zero-order chi connectivity index (χ0) is 25.4. The number of thioether (sulfide) groups is 1. The lowest BCUT2D eigenvalue weighted by molar-refractivity contribution is -0.0157. The summed E-state index contributed by atoms with van der Waals surface area (Å²) in [5, 5.41) is 9.38. The fourth-order valence-corrected chi connectivity index (χ4v) is 10.5. The molecule has 0 bridgehead atoms. The molecular weight excluding hydrogens is 525 g/mol. The molecule has 4 atom stereocenters. The van der Waals surface area contributed by atoms with Crippen LogP contribution < -0.4 is 0 Å². The Morgan fingerprint density at radius 2 is 1.91 bits per heavy atom. The van der Waals surface area contributed by atoms with Gasteiger partial charge in [0.1, 0.15) is 0 Å². The monoisotopic (exact) mass is 572 g/mol. The minimum absolute atomic E-state index is 0.132. The summed E-state index contributed by atoms with van der Waals surface area (Å²) in [6.45, 7) is 14.0. The van der Waals surface area contributed by atoms with Crippen molar-refractivity contribution >= 4 is 58.6 Å². The lowest BCUT2D eigenvalue weighted by Crippen LogP contribution is -2.52. The molecule has 0 aliphatic carbocycles. The van der Waals surface area contributed by atoms with Gasteiger partial charge in [-0.15, -0.1) is 11.8 Å². The molecule has 1 N–H and O–H groups in total. The highest BCUT2D eigenvalue weighted by atomic mass is 32.2. The van der Waals surface area contributed by atoms with Crippen molar-refractivity contribution in [2.24, 2.45) is 17.8 Å². The number of aliphatic hydroxyl groups is 1. The van der Waals surface area contributed by atoms with Gasteiger partial charge in [0.2, 0.25) is 9.04 Å². The van der Waals surface area contributed by atoms with Gasteiger partial charge in [-0.05, 0) is 36.3 Å². The lowest BCUT2D eigenvalue weighted by atomic mass is 10.2. The molecular formula is C23H48O6S3Si2. The van der Waals surface area contributed by atoms with Crippen LogP contribution in [0.5, 0.6) is 0 Å². The van der Waals surface area contributed by atoms with Gasteiger partial charge < -0.3 is 27.5 Å². The highest BCUT2D eigenvalue weighted by Crippen LogP contribution is 2.26. The Balaban J connectivity index is 2.51. The molecule has 1 aliphatic rings. The van der Waals surface area contributed by atoms with Gasteiger partial charge in [-0.3, -0.25) is 0 Å². The highest BCUT2D eigenvalue weighted by Gasteiger charge is 2.44. The summed E-state index contributed by atoms with van der Waals surface area (Å²) in [4.78, 5) is 0.